The van der Waals surface area contributed by atoms with Crippen molar-refractivity contribution in [1.29, 1.82) is 0 Å². The number of nitrogens with zero attached hydrogens (tertiary/aromatic N) is 1. The summed E-state index contributed by atoms with van der Waals surface area (Å²) < 4.78 is 0. The van der Waals surface area contributed by atoms with E-state index in [4.69, 9.17) is 0 Å². The molecular formula is C14H28N2. The van der Waals surface area contributed by atoms with Gasteiger partial charge in [0.05, 0.1) is 0 Å². The van der Waals surface area contributed by atoms with Gasteiger partial charge in [-0.1, -0.05) is 20.8 Å². The normalized spacial score (nSPS) is 42.2. The minimum Gasteiger partial charge on any atom is -0.311 e. The Kier molecular flexibility index (Phi) is 4.26. The summed E-state index contributed by atoms with van der Waals surface area (Å²) in [5.41, 5.74) is 0. The fourth-order valence-corrected chi connectivity index (χ4v) is 3.66. The van der Waals surface area contributed by atoms with Crippen LogP contribution in [0.3, 0.4) is 0 Å². The van der Waals surface area contributed by atoms with Crippen molar-refractivity contribution in [3.63, 3.8) is 0 Å². The fraction of sp³-hybridized carbons (Fsp3) is 1.00. The van der Waals surface area contributed by atoms with E-state index >= 15 is 0 Å². The minimum absolute atomic E-state index is 0.737. The van der Waals surface area contributed by atoms with Gasteiger partial charge in [0, 0.05) is 31.7 Å². The Morgan fingerprint density at radius 3 is 2.44 bits per heavy atom. The molecular weight excluding hydrogens is 196 g/mol. The highest BCUT2D eigenvalue weighted by Crippen LogP contribution is 2.31. The molecule has 16 heavy (non-hydrogen) atoms. The van der Waals surface area contributed by atoms with Crippen molar-refractivity contribution in [2.45, 2.75) is 58.5 Å². The van der Waals surface area contributed by atoms with Crippen LogP contribution in [0, 0.1) is 11.8 Å². The zero-order chi connectivity index (χ0) is 11.5. The lowest BCUT2D eigenvalue weighted by molar-refractivity contribution is 0.0809. The lowest BCUT2D eigenvalue weighted by atomic mass is 9.79. The SMILES string of the molecule is CCC1CN(C2CC(C)CC(C)C2)CCN1. The van der Waals surface area contributed by atoms with Gasteiger partial charge in [-0.15, -0.1) is 0 Å². The third kappa shape index (κ3) is 2.98. The molecule has 2 aliphatic rings. The molecule has 0 radical (unpaired) electrons. The number of hydrogen-bond acceptors (Lipinski definition) is 2. The summed E-state index contributed by atoms with van der Waals surface area (Å²) in [6.45, 7) is 10.9. The number of nitrogens with one attached hydrogen (secondary N) is 1. The molecule has 0 aromatic heterocycles. The molecule has 0 spiro atoms. The van der Waals surface area contributed by atoms with E-state index in [0.717, 1.165) is 23.9 Å². The molecule has 1 saturated carbocycles. The summed E-state index contributed by atoms with van der Waals surface area (Å²) in [5.74, 6) is 1.87. The average Bonchev–Trinajstić information content (AvgIpc) is 2.28. The van der Waals surface area contributed by atoms with Crippen LogP contribution < -0.4 is 5.32 Å². The van der Waals surface area contributed by atoms with Gasteiger partial charge < -0.3 is 5.32 Å². The van der Waals surface area contributed by atoms with Gasteiger partial charge in [0.1, 0.15) is 0 Å². The first-order valence-electron chi connectivity index (χ1n) is 7.16. The monoisotopic (exact) mass is 224 g/mol. The van der Waals surface area contributed by atoms with E-state index in [1.54, 1.807) is 0 Å². The lowest BCUT2D eigenvalue weighted by Crippen LogP contribution is -2.54. The van der Waals surface area contributed by atoms with E-state index in [0.29, 0.717) is 0 Å². The molecule has 2 rings (SSSR count). The van der Waals surface area contributed by atoms with Crippen molar-refractivity contribution in [1.82, 2.24) is 10.2 Å². The van der Waals surface area contributed by atoms with Crippen LogP contribution in [-0.2, 0) is 0 Å². The van der Waals surface area contributed by atoms with E-state index < -0.39 is 0 Å². The Balaban J connectivity index is 1.90. The van der Waals surface area contributed by atoms with Crippen LogP contribution in [0.1, 0.15) is 46.5 Å². The molecule has 1 aliphatic carbocycles. The van der Waals surface area contributed by atoms with Crippen molar-refractivity contribution in [2.24, 2.45) is 11.8 Å². The molecule has 0 aromatic carbocycles. The molecule has 0 aromatic rings. The Morgan fingerprint density at radius 1 is 1.12 bits per heavy atom. The molecule has 1 heterocycles. The molecule has 2 fully saturated rings. The van der Waals surface area contributed by atoms with Crippen molar-refractivity contribution < 1.29 is 0 Å². The third-order valence-corrected chi connectivity index (χ3v) is 4.45. The molecule has 1 saturated heterocycles. The molecule has 94 valence electrons. The Hall–Kier alpha value is -0.0800. The van der Waals surface area contributed by atoms with Gasteiger partial charge in [0.2, 0.25) is 0 Å². The number of rotatable bonds is 2. The van der Waals surface area contributed by atoms with E-state index in [9.17, 15) is 0 Å². The summed E-state index contributed by atoms with van der Waals surface area (Å²) in [5, 5.41) is 3.62. The van der Waals surface area contributed by atoms with Gasteiger partial charge in [0.25, 0.3) is 0 Å². The highest BCUT2D eigenvalue weighted by atomic mass is 15.2. The first kappa shape index (κ1) is 12.4. The Morgan fingerprint density at radius 2 is 1.81 bits per heavy atom. The van der Waals surface area contributed by atoms with Crippen molar-refractivity contribution >= 4 is 0 Å². The molecule has 1 N–H and O–H groups in total. The predicted molar refractivity (Wildman–Crippen MR) is 69.6 cm³/mol. The minimum atomic E-state index is 0.737. The van der Waals surface area contributed by atoms with E-state index in [1.807, 2.05) is 0 Å². The highest BCUT2D eigenvalue weighted by molar-refractivity contribution is 4.87. The Bertz CT molecular complexity index is 207. The van der Waals surface area contributed by atoms with Crippen molar-refractivity contribution in [2.75, 3.05) is 19.6 Å². The maximum atomic E-state index is 3.62. The van der Waals surface area contributed by atoms with Crippen LogP contribution in [0.5, 0.6) is 0 Å². The zero-order valence-electron chi connectivity index (χ0n) is 11.2. The molecule has 3 atom stereocenters. The van der Waals surface area contributed by atoms with E-state index in [-0.39, 0.29) is 0 Å². The summed E-state index contributed by atoms with van der Waals surface area (Å²) in [6.07, 6.45) is 5.58. The first-order valence-corrected chi connectivity index (χ1v) is 7.16. The summed E-state index contributed by atoms with van der Waals surface area (Å²) in [7, 11) is 0. The largest absolute Gasteiger partial charge is 0.311 e. The number of piperazine rings is 1. The van der Waals surface area contributed by atoms with Gasteiger partial charge >= 0.3 is 0 Å². The fourth-order valence-electron chi connectivity index (χ4n) is 3.66. The quantitative estimate of drug-likeness (QED) is 0.775. The first-order chi connectivity index (χ1) is 7.69. The van der Waals surface area contributed by atoms with Gasteiger partial charge in [-0.25, -0.2) is 0 Å². The van der Waals surface area contributed by atoms with Crippen LogP contribution in [0.2, 0.25) is 0 Å². The maximum absolute atomic E-state index is 3.62. The van der Waals surface area contributed by atoms with E-state index in [1.165, 1.54) is 45.3 Å². The highest BCUT2D eigenvalue weighted by Gasteiger charge is 2.30. The van der Waals surface area contributed by atoms with Crippen molar-refractivity contribution in [3.8, 4) is 0 Å². The van der Waals surface area contributed by atoms with Crippen molar-refractivity contribution in [3.05, 3.63) is 0 Å². The summed E-state index contributed by atoms with van der Waals surface area (Å²) >= 11 is 0. The third-order valence-electron chi connectivity index (χ3n) is 4.45. The maximum Gasteiger partial charge on any atom is 0.0193 e. The van der Waals surface area contributed by atoms with Gasteiger partial charge in [-0.3, -0.25) is 4.90 Å². The molecule has 2 heteroatoms. The second kappa shape index (κ2) is 5.50. The van der Waals surface area contributed by atoms with Crippen LogP contribution >= 0.6 is 0 Å². The zero-order valence-corrected chi connectivity index (χ0v) is 11.2. The van der Waals surface area contributed by atoms with E-state index in [2.05, 4.69) is 31.0 Å². The standard InChI is InChI=1S/C14H28N2/c1-4-13-10-16(6-5-15-13)14-8-11(2)7-12(3)9-14/h11-15H,4-10H2,1-3H3. The summed E-state index contributed by atoms with van der Waals surface area (Å²) in [4.78, 5) is 2.76. The molecule has 3 unspecified atom stereocenters. The predicted octanol–water partition coefficient (Wildman–Crippen LogP) is 2.49. The molecule has 2 nitrogen and oxygen atoms in total. The van der Waals surface area contributed by atoms with Crippen LogP contribution in [0.25, 0.3) is 0 Å². The second-order valence-corrected chi connectivity index (χ2v) is 6.13. The van der Waals surface area contributed by atoms with Crippen LogP contribution in [0.15, 0.2) is 0 Å². The van der Waals surface area contributed by atoms with Gasteiger partial charge in [-0.05, 0) is 37.5 Å². The van der Waals surface area contributed by atoms with Gasteiger partial charge in [0.15, 0.2) is 0 Å². The smallest absolute Gasteiger partial charge is 0.0193 e. The Labute approximate surface area is 101 Å². The lowest BCUT2D eigenvalue weighted by Gasteiger charge is -2.43. The van der Waals surface area contributed by atoms with Gasteiger partial charge in [-0.2, -0.15) is 0 Å². The second-order valence-electron chi connectivity index (χ2n) is 6.13. The summed E-state index contributed by atoms with van der Waals surface area (Å²) in [6, 6.07) is 1.61. The molecule has 0 bridgehead atoms. The molecule has 0 amide bonds. The molecule has 1 aliphatic heterocycles. The van der Waals surface area contributed by atoms with Crippen LogP contribution in [-0.4, -0.2) is 36.6 Å². The van der Waals surface area contributed by atoms with Crippen LogP contribution in [0.4, 0.5) is 0 Å². The topological polar surface area (TPSA) is 15.3 Å². The average molecular weight is 224 g/mol. The number of hydrogen-bond donors (Lipinski definition) is 1.